The molecule has 1 amide bonds. The molecule has 0 saturated carbocycles. The van der Waals surface area contributed by atoms with E-state index in [9.17, 15) is 4.79 Å². The van der Waals surface area contributed by atoms with Gasteiger partial charge in [-0.15, -0.1) is 0 Å². The van der Waals surface area contributed by atoms with Gasteiger partial charge < -0.3 is 11.5 Å². The number of rotatable bonds is 3. The van der Waals surface area contributed by atoms with Crippen LogP contribution >= 0.6 is 0 Å². The van der Waals surface area contributed by atoms with E-state index in [-0.39, 0.29) is 0 Å². The third-order valence-corrected chi connectivity index (χ3v) is 1.98. The first-order chi connectivity index (χ1) is 7.70. The van der Waals surface area contributed by atoms with E-state index in [0.29, 0.717) is 23.8 Å². The normalized spacial score (nSPS) is 10.3. The second kappa shape index (κ2) is 4.07. The lowest BCUT2D eigenvalue weighted by molar-refractivity contribution is 0.100. The zero-order chi connectivity index (χ0) is 11.5. The highest BCUT2D eigenvalue weighted by Gasteiger charge is 2.07. The fourth-order valence-electron chi connectivity index (χ4n) is 1.17. The van der Waals surface area contributed by atoms with Crippen molar-refractivity contribution >= 4 is 5.91 Å². The van der Waals surface area contributed by atoms with Crippen molar-refractivity contribution in [3.63, 3.8) is 0 Å². The lowest BCUT2D eigenvalue weighted by Gasteiger charge is -2.00. The van der Waals surface area contributed by atoms with Crippen LogP contribution in [0.3, 0.4) is 0 Å². The first kappa shape index (κ1) is 10.2. The Morgan fingerprint density at radius 3 is 2.94 bits per heavy atom. The van der Waals surface area contributed by atoms with E-state index >= 15 is 0 Å². The second-order valence-electron chi connectivity index (χ2n) is 3.09. The predicted molar refractivity (Wildman–Crippen MR) is 55.6 cm³/mol. The number of primary amides is 1. The Bertz CT molecular complexity index is 520. The number of aromatic nitrogens is 4. The van der Waals surface area contributed by atoms with E-state index in [4.69, 9.17) is 11.5 Å². The third-order valence-electron chi connectivity index (χ3n) is 1.98. The Morgan fingerprint density at radius 1 is 1.50 bits per heavy atom. The SMILES string of the molecule is NCc1ccnc(-n2cc(C(N)=O)cn2)n1. The molecule has 0 radical (unpaired) electrons. The summed E-state index contributed by atoms with van der Waals surface area (Å²) in [4.78, 5) is 19.0. The van der Waals surface area contributed by atoms with Gasteiger partial charge in [0.2, 0.25) is 0 Å². The molecule has 2 aromatic rings. The molecule has 0 unspecified atom stereocenters. The molecule has 7 heteroatoms. The first-order valence-corrected chi connectivity index (χ1v) is 4.57. The first-order valence-electron chi connectivity index (χ1n) is 4.57. The van der Waals surface area contributed by atoms with E-state index in [1.807, 2.05) is 0 Å². The van der Waals surface area contributed by atoms with Crippen molar-refractivity contribution in [2.24, 2.45) is 11.5 Å². The highest BCUT2D eigenvalue weighted by Crippen LogP contribution is 2.03. The minimum atomic E-state index is -0.541. The fraction of sp³-hybridized carbons (Fsp3) is 0.111. The van der Waals surface area contributed by atoms with E-state index in [1.165, 1.54) is 17.1 Å². The Labute approximate surface area is 91.1 Å². The third kappa shape index (κ3) is 1.89. The molecule has 0 atom stereocenters. The maximum absolute atomic E-state index is 10.9. The summed E-state index contributed by atoms with van der Waals surface area (Å²) in [7, 11) is 0. The van der Waals surface area contributed by atoms with Crippen LogP contribution in [0.1, 0.15) is 16.1 Å². The van der Waals surface area contributed by atoms with Gasteiger partial charge in [0.05, 0.1) is 17.5 Å². The molecule has 2 aromatic heterocycles. The summed E-state index contributed by atoms with van der Waals surface area (Å²) in [6, 6.07) is 1.71. The minimum absolute atomic E-state index is 0.307. The van der Waals surface area contributed by atoms with Crippen LogP contribution in [0, 0.1) is 0 Å². The van der Waals surface area contributed by atoms with Gasteiger partial charge in [-0.2, -0.15) is 5.10 Å². The monoisotopic (exact) mass is 218 g/mol. The van der Waals surface area contributed by atoms with Crippen LogP contribution in [-0.4, -0.2) is 25.7 Å². The van der Waals surface area contributed by atoms with Crippen molar-refractivity contribution in [1.82, 2.24) is 19.7 Å². The molecule has 0 aliphatic heterocycles. The van der Waals surface area contributed by atoms with E-state index < -0.39 is 5.91 Å². The molecule has 16 heavy (non-hydrogen) atoms. The van der Waals surface area contributed by atoms with Crippen molar-refractivity contribution in [1.29, 1.82) is 0 Å². The topological polar surface area (TPSA) is 113 Å². The van der Waals surface area contributed by atoms with Crippen LogP contribution in [0.2, 0.25) is 0 Å². The van der Waals surface area contributed by atoms with Crippen molar-refractivity contribution in [2.75, 3.05) is 0 Å². The summed E-state index contributed by atoms with van der Waals surface area (Å²) >= 11 is 0. The Balaban J connectivity index is 2.38. The van der Waals surface area contributed by atoms with Crippen LogP contribution in [0.25, 0.3) is 5.95 Å². The lowest BCUT2D eigenvalue weighted by atomic mass is 10.3. The molecule has 0 aromatic carbocycles. The largest absolute Gasteiger partial charge is 0.366 e. The smallest absolute Gasteiger partial charge is 0.251 e. The number of hydrogen-bond acceptors (Lipinski definition) is 5. The zero-order valence-corrected chi connectivity index (χ0v) is 8.37. The number of hydrogen-bond donors (Lipinski definition) is 2. The zero-order valence-electron chi connectivity index (χ0n) is 8.37. The highest BCUT2D eigenvalue weighted by atomic mass is 16.1. The quantitative estimate of drug-likeness (QED) is 0.701. The van der Waals surface area contributed by atoms with Gasteiger partial charge in [0.15, 0.2) is 0 Å². The molecule has 7 nitrogen and oxygen atoms in total. The van der Waals surface area contributed by atoms with Crippen molar-refractivity contribution in [2.45, 2.75) is 6.54 Å². The number of amides is 1. The average molecular weight is 218 g/mol. The van der Waals surface area contributed by atoms with Crippen LogP contribution in [0.4, 0.5) is 0 Å². The number of nitrogens with two attached hydrogens (primary N) is 2. The molecule has 0 saturated heterocycles. The van der Waals surface area contributed by atoms with Crippen molar-refractivity contribution < 1.29 is 4.79 Å². The molecular weight excluding hydrogens is 208 g/mol. The van der Waals surface area contributed by atoms with Gasteiger partial charge in [0, 0.05) is 18.9 Å². The molecule has 0 spiro atoms. The summed E-state index contributed by atoms with van der Waals surface area (Å²) in [6.07, 6.45) is 4.41. The van der Waals surface area contributed by atoms with Gasteiger partial charge in [-0.1, -0.05) is 0 Å². The number of nitrogens with zero attached hydrogens (tertiary/aromatic N) is 4. The highest BCUT2D eigenvalue weighted by molar-refractivity contribution is 5.92. The molecule has 0 fully saturated rings. The molecule has 2 heterocycles. The van der Waals surface area contributed by atoms with Crippen LogP contribution in [0.15, 0.2) is 24.7 Å². The van der Waals surface area contributed by atoms with Gasteiger partial charge in [0.1, 0.15) is 0 Å². The van der Waals surface area contributed by atoms with Gasteiger partial charge in [-0.05, 0) is 6.07 Å². The number of carbonyl (C=O) groups is 1. The van der Waals surface area contributed by atoms with E-state index in [0.717, 1.165) is 0 Å². The van der Waals surface area contributed by atoms with Crippen LogP contribution in [0.5, 0.6) is 0 Å². The van der Waals surface area contributed by atoms with Crippen molar-refractivity contribution in [3.05, 3.63) is 35.9 Å². The summed E-state index contributed by atoms with van der Waals surface area (Å²) in [5.41, 5.74) is 11.6. The molecule has 82 valence electrons. The minimum Gasteiger partial charge on any atom is -0.366 e. The summed E-state index contributed by atoms with van der Waals surface area (Å²) in [6.45, 7) is 0.319. The van der Waals surface area contributed by atoms with Crippen LogP contribution < -0.4 is 11.5 Å². The molecule has 2 rings (SSSR count). The Morgan fingerprint density at radius 2 is 2.31 bits per heavy atom. The van der Waals surface area contributed by atoms with Gasteiger partial charge in [0.25, 0.3) is 11.9 Å². The van der Waals surface area contributed by atoms with Gasteiger partial charge >= 0.3 is 0 Å². The summed E-state index contributed by atoms with van der Waals surface area (Å²) < 4.78 is 1.37. The number of carbonyl (C=O) groups excluding carboxylic acids is 1. The predicted octanol–water partition coefficient (Wildman–Crippen LogP) is -0.780. The molecule has 0 bridgehead atoms. The molecule has 0 aliphatic carbocycles. The fourth-order valence-corrected chi connectivity index (χ4v) is 1.17. The Kier molecular flexibility index (Phi) is 2.61. The molecule has 4 N–H and O–H groups in total. The summed E-state index contributed by atoms with van der Waals surface area (Å²) in [5.74, 6) is -0.184. The lowest BCUT2D eigenvalue weighted by Crippen LogP contribution is -2.10. The van der Waals surface area contributed by atoms with Crippen LogP contribution in [-0.2, 0) is 6.54 Å². The maximum Gasteiger partial charge on any atom is 0.251 e. The Hall–Kier alpha value is -2.28. The maximum atomic E-state index is 10.9. The van der Waals surface area contributed by atoms with Gasteiger partial charge in [-0.3, -0.25) is 4.79 Å². The molecule has 0 aliphatic rings. The summed E-state index contributed by atoms with van der Waals surface area (Å²) in [5, 5.41) is 3.93. The van der Waals surface area contributed by atoms with E-state index in [2.05, 4.69) is 15.1 Å². The van der Waals surface area contributed by atoms with Gasteiger partial charge in [-0.25, -0.2) is 14.6 Å². The van der Waals surface area contributed by atoms with E-state index in [1.54, 1.807) is 12.3 Å². The molecular formula is C9H10N6O. The van der Waals surface area contributed by atoms with Crippen molar-refractivity contribution in [3.8, 4) is 5.95 Å². The average Bonchev–Trinajstić information content (AvgIpc) is 2.78. The second-order valence-corrected chi connectivity index (χ2v) is 3.09. The standard InChI is InChI=1S/C9H10N6O/c10-3-7-1-2-12-9(14-7)15-5-6(4-13-15)8(11)16/h1-2,4-5H,3,10H2,(H2,11,16).